The SMILES string of the molecule is COc1cc2c(c(OC)c1OC)C(=O)[C@H](O)[C@H]2NC(N)=O. The van der Waals surface area contributed by atoms with Crippen LogP contribution in [0.3, 0.4) is 0 Å². The molecule has 1 aromatic rings. The minimum absolute atomic E-state index is 0.140. The molecule has 1 aromatic carbocycles. The fraction of sp³-hybridized carbons (Fsp3) is 0.385. The smallest absolute Gasteiger partial charge is 0.312 e. The zero-order chi connectivity index (χ0) is 15.7. The van der Waals surface area contributed by atoms with Crippen molar-refractivity contribution in [3.63, 3.8) is 0 Å². The number of primary amides is 1. The van der Waals surface area contributed by atoms with Gasteiger partial charge < -0.3 is 30.4 Å². The van der Waals surface area contributed by atoms with Gasteiger partial charge in [-0.05, 0) is 11.6 Å². The fourth-order valence-corrected chi connectivity index (χ4v) is 2.45. The van der Waals surface area contributed by atoms with E-state index < -0.39 is 24.0 Å². The number of benzene rings is 1. The summed E-state index contributed by atoms with van der Waals surface area (Å²) in [4.78, 5) is 23.3. The number of ketones is 1. The van der Waals surface area contributed by atoms with E-state index in [1.807, 2.05) is 0 Å². The number of aliphatic hydroxyl groups is 1. The summed E-state index contributed by atoms with van der Waals surface area (Å²) in [6.45, 7) is 0. The Morgan fingerprint density at radius 3 is 2.33 bits per heavy atom. The minimum atomic E-state index is -1.45. The Morgan fingerprint density at radius 2 is 1.86 bits per heavy atom. The largest absolute Gasteiger partial charge is 0.493 e. The summed E-state index contributed by atoms with van der Waals surface area (Å²) >= 11 is 0. The summed E-state index contributed by atoms with van der Waals surface area (Å²) < 4.78 is 15.6. The average molecular weight is 296 g/mol. The van der Waals surface area contributed by atoms with E-state index in [2.05, 4.69) is 5.32 Å². The summed E-state index contributed by atoms with van der Waals surface area (Å²) in [5, 5.41) is 12.4. The van der Waals surface area contributed by atoms with E-state index in [1.165, 1.54) is 27.4 Å². The molecule has 114 valence electrons. The van der Waals surface area contributed by atoms with Gasteiger partial charge in [-0.25, -0.2) is 4.79 Å². The predicted molar refractivity (Wildman–Crippen MR) is 71.9 cm³/mol. The van der Waals surface area contributed by atoms with Crippen LogP contribution in [0.4, 0.5) is 4.79 Å². The molecule has 2 rings (SSSR count). The molecule has 0 bridgehead atoms. The number of nitrogens with two attached hydrogens (primary N) is 1. The summed E-state index contributed by atoms with van der Waals surface area (Å²) in [5.41, 5.74) is 5.58. The zero-order valence-corrected chi connectivity index (χ0v) is 11.8. The number of amides is 2. The van der Waals surface area contributed by atoms with Crippen LogP contribution in [0.2, 0.25) is 0 Å². The number of Topliss-reactive ketones (excluding diaryl/α,β-unsaturated/α-hetero) is 1. The summed E-state index contributed by atoms with van der Waals surface area (Å²) in [6.07, 6.45) is -1.45. The van der Waals surface area contributed by atoms with E-state index in [0.29, 0.717) is 11.3 Å². The van der Waals surface area contributed by atoms with Crippen molar-refractivity contribution in [3.05, 3.63) is 17.2 Å². The number of urea groups is 1. The number of aliphatic hydroxyl groups excluding tert-OH is 1. The number of hydrogen-bond donors (Lipinski definition) is 3. The van der Waals surface area contributed by atoms with Crippen LogP contribution in [0.15, 0.2) is 6.07 Å². The Bertz CT molecular complexity index is 601. The topological polar surface area (TPSA) is 120 Å². The molecule has 0 saturated heterocycles. The lowest BCUT2D eigenvalue weighted by Crippen LogP contribution is -2.38. The number of fused-ring (bicyclic) bond motifs is 1. The van der Waals surface area contributed by atoms with E-state index in [-0.39, 0.29) is 17.1 Å². The monoisotopic (exact) mass is 296 g/mol. The van der Waals surface area contributed by atoms with Crippen molar-refractivity contribution in [3.8, 4) is 17.2 Å². The van der Waals surface area contributed by atoms with Crippen molar-refractivity contribution in [1.82, 2.24) is 5.32 Å². The molecule has 0 spiro atoms. The first-order valence-corrected chi connectivity index (χ1v) is 6.07. The van der Waals surface area contributed by atoms with Crippen molar-refractivity contribution in [2.75, 3.05) is 21.3 Å². The van der Waals surface area contributed by atoms with Crippen molar-refractivity contribution in [1.29, 1.82) is 0 Å². The molecule has 0 heterocycles. The Balaban J connectivity index is 2.69. The van der Waals surface area contributed by atoms with Crippen LogP contribution < -0.4 is 25.3 Å². The van der Waals surface area contributed by atoms with Gasteiger partial charge in [0.2, 0.25) is 5.75 Å². The first kappa shape index (κ1) is 14.9. The highest BCUT2D eigenvalue weighted by molar-refractivity contribution is 6.08. The molecule has 0 fully saturated rings. The fourth-order valence-electron chi connectivity index (χ4n) is 2.45. The number of carbonyl (C=O) groups is 2. The molecule has 1 aliphatic carbocycles. The second-order valence-electron chi connectivity index (χ2n) is 4.40. The second-order valence-corrected chi connectivity index (χ2v) is 4.40. The number of carbonyl (C=O) groups excluding carboxylic acids is 2. The second kappa shape index (κ2) is 5.49. The van der Waals surface area contributed by atoms with Gasteiger partial charge in [0.1, 0.15) is 6.10 Å². The molecule has 0 radical (unpaired) electrons. The lowest BCUT2D eigenvalue weighted by molar-refractivity contribution is 0.0714. The highest BCUT2D eigenvalue weighted by atomic mass is 16.5. The van der Waals surface area contributed by atoms with Crippen LogP contribution in [0.5, 0.6) is 17.2 Å². The Kier molecular flexibility index (Phi) is 3.90. The molecule has 4 N–H and O–H groups in total. The van der Waals surface area contributed by atoms with E-state index in [9.17, 15) is 14.7 Å². The van der Waals surface area contributed by atoms with E-state index in [0.717, 1.165) is 0 Å². The highest BCUT2D eigenvalue weighted by Crippen LogP contribution is 2.47. The lowest BCUT2D eigenvalue weighted by Gasteiger charge is -2.18. The van der Waals surface area contributed by atoms with E-state index >= 15 is 0 Å². The molecule has 8 heteroatoms. The van der Waals surface area contributed by atoms with Gasteiger partial charge >= 0.3 is 6.03 Å². The third-order valence-corrected chi connectivity index (χ3v) is 3.32. The standard InChI is InChI=1S/C13H16N2O6/c1-19-6-4-5-7(12(21-3)11(6)20-2)9(16)10(17)8(5)15-13(14)18/h4,8,10,17H,1-3H3,(H3,14,15,18)/t8-,10+/m0/s1. The Hall–Kier alpha value is -2.48. The number of rotatable bonds is 4. The quantitative estimate of drug-likeness (QED) is 0.718. The molecule has 2 atom stereocenters. The molecular formula is C13H16N2O6. The molecule has 1 aliphatic rings. The van der Waals surface area contributed by atoms with Crippen LogP contribution in [-0.4, -0.2) is 44.4 Å². The molecule has 0 aliphatic heterocycles. The number of methoxy groups -OCH3 is 3. The van der Waals surface area contributed by atoms with Crippen LogP contribution in [0, 0.1) is 0 Å². The van der Waals surface area contributed by atoms with E-state index in [4.69, 9.17) is 19.9 Å². The minimum Gasteiger partial charge on any atom is -0.493 e. The van der Waals surface area contributed by atoms with Gasteiger partial charge in [-0.15, -0.1) is 0 Å². The summed E-state index contributed by atoms with van der Waals surface area (Å²) in [6, 6.07) is -0.307. The van der Waals surface area contributed by atoms with Crippen molar-refractivity contribution >= 4 is 11.8 Å². The predicted octanol–water partition coefficient (Wildman–Crippen LogP) is -0.0210. The van der Waals surface area contributed by atoms with Crippen LogP contribution in [0.1, 0.15) is 22.0 Å². The van der Waals surface area contributed by atoms with Crippen molar-refractivity contribution in [2.45, 2.75) is 12.1 Å². The van der Waals surface area contributed by atoms with Gasteiger partial charge in [-0.3, -0.25) is 4.79 Å². The first-order valence-electron chi connectivity index (χ1n) is 6.07. The van der Waals surface area contributed by atoms with Crippen molar-refractivity contribution < 1.29 is 28.9 Å². The third-order valence-electron chi connectivity index (χ3n) is 3.32. The maximum Gasteiger partial charge on any atom is 0.312 e. The van der Waals surface area contributed by atoms with Crippen LogP contribution in [0.25, 0.3) is 0 Å². The van der Waals surface area contributed by atoms with Crippen molar-refractivity contribution in [2.24, 2.45) is 5.73 Å². The third kappa shape index (κ3) is 2.23. The highest BCUT2D eigenvalue weighted by Gasteiger charge is 2.43. The number of hydrogen-bond acceptors (Lipinski definition) is 6. The first-order chi connectivity index (χ1) is 9.96. The zero-order valence-electron chi connectivity index (χ0n) is 11.8. The Morgan fingerprint density at radius 1 is 1.24 bits per heavy atom. The van der Waals surface area contributed by atoms with Gasteiger partial charge in [0.25, 0.3) is 0 Å². The molecule has 0 unspecified atom stereocenters. The van der Waals surface area contributed by atoms with E-state index in [1.54, 1.807) is 0 Å². The maximum absolute atomic E-state index is 12.2. The van der Waals surface area contributed by atoms with Gasteiger partial charge in [0.05, 0.1) is 32.9 Å². The molecular weight excluding hydrogens is 280 g/mol. The van der Waals surface area contributed by atoms with Gasteiger partial charge in [-0.1, -0.05) is 0 Å². The molecule has 8 nitrogen and oxygen atoms in total. The molecule has 21 heavy (non-hydrogen) atoms. The van der Waals surface area contributed by atoms with Gasteiger partial charge in [0, 0.05) is 0 Å². The molecule has 0 aromatic heterocycles. The Labute approximate surface area is 120 Å². The lowest BCUT2D eigenvalue weighted by atomic mass is 10.1. The average Bonchev–Trinajstić information content (AvgIpc) is 2.69. The maximum atomic E-state index is 12.2. The number of nitrogens with one attached hydrogen (secondary N) is 1. The van der Waals surface area contributed by atoms with Gasteiger partial charge in [0.15, 0.2) is 17.3 Å². The molecule has 2 amide bonds. The normalized spacial score (nSPS) is 19.9. The summed E-state index contributed by atoms with van der Waals surface area (Å²) in [7, 11) is 4.20. The van der Waals surface area contributed by atoms with Crippen LogP contribution >= 0.6 is 0 Å². The summed E-state index contributed by atoms with van der Waals surface area (Å²) in [5.74, 6) is 0.108. The van der Waals surface area contributed by atoms with Gasteiger partial charge in [-0.2, -0.15) is 0 Å². The van der Waals surface area contributed by atoms with Crippen LogP contribution in [-0.2, 0) is 0 Å². The number of ether oxygens (including phenoxy) is 3. The molecule has 0 saturated carbocycles.